The first-order valence-electron chi connectivity index (χ1n) is 16.9. The zero-order valence-electron chi connectivity index (χ0n) is 25.9. The summed E-state index contributed by atoms with van der Waals surface area (Å²) in [6, 6.07) is 3.82. The number of ketones is 2. The minimum atomic E-state index is -0.815. The second-order valence-electron chi connectivity index (χ2n) is 13.7. The number of methoxy groups -OCH3 is 1. The number of hydrogen-bond donors (Lipinski definition) is 4. The molecule has 0 amide bonds. The first-order chi connectivity index (χ1) is 20.8. The Hall–Kier alpha value is -2.40. The lowest BCUT2D eigenvalue weighted by Gasteiger charge is -2.54. The molecule has 1 aromatic rings. The average molecular weight is 594 g/mol. The van der Waals surface area contributed by atoms with Crippen molar-refractivity contribution < 1.29 is 29.6 Å². The summed E-state index contributed by atoms with van der Waals surface area (Å²) in [7, 11) is 1.51. The second kappa shape index (κ2) is 14.6. The van der Waals surface area contributed by atoms with E-state index in [0.29, 0.717) is 61.5 Å². The first-order valence-corrected chi connectivity index (χ1v) is 16.9. The summed E-state index contributed by atoms with van der Waals surface area (Å²) in [5.74, 6) is 7.40. The predicted molar refractivity (Wildman–Crippen MR) is 166 cm³/mol. The normalized spacial score (nSPS) is 29.3. The number of nitrogens with one attached hydrogen (secondary N) is 1. The summed E-state index contributed by atoms with van der Waals surface area (Å²) in [6.45, 7) is 0.0396. The SMILES string of the molecule is COc1cc2c(cc1O)[C@H](CCCO)C#C[C@H]([C@H](O)CCCC[C@@H]1C[C@@H]3CCC(=O)C[C@H]3NC13CCCCC3)C(=O)CC2. The number of rotatable bonds is 10. The number of Topliss-reactive ketones (excluding diaryl/α,β-unsaturated/α-hetero) is 2. The zero-order valence-corrected chi connectivity index (χ0v) is 25.9. The van der Waals surface area contributed by atoms with Gasteiger partial charge in [0.25, 0.3) is 0 Å². The molecule has 5 rings (SSSR count). The molecule has 2 saturated carbocycles. The lowest BCUT2D eigenvalue weighted by atomic mass is 9.62. The molecule has 1 aliphatic heterocycles. The number of aliphatic hydroxyl groups is 2. The van der Waals surface area contributed by atoms with Gasteiger partial charge in [-0.3, -0.25) is 9.59 Å². The van der Waals surface area contributed by atoms with Gasteiger partial charge in [0.15, 0.2) is 17.3 Å². The molecule has 1 spiro atoms. The molecule has 1 heterocycles. The Morgan fingerprint density at radius 1 is 1.05 bits per heavy atom. The van der Waals surface area contributed by atoms with Crippen molar-refractivity contribution >= 4 is 11.6 Å². The van der Waals surface area contributed by atoms with E-state index in [1.165, 1.54) is 45.6 Å². The largest absolute Gasteiger partial charge is 0.504 e. The summed E-state index contributed by atoms with van der Waals surface area (Å²) < 4.78 is 5.31. The van der Waals surface area contributed by atoms with Crippen molar-refractivity contribution in [3.05, 3.63) is 23.3 Å². The minimum Gasteiger partial charge on any atom is -0.504 e. The van der Waals surface area contributed by atoms with E-state index < -0.39 is 12.0 Å². The average Bonchev–Trinajstić information content (AvgIpc) is 3.06. The van der Waals surface area contributed by atoms with Gasteiger partial charge in [-0.05, 0) is 92.9 Å². The Morgan fingerprint density at radius 2 is 1.86 bits per heavy atom. The molecule has 1 aromatic carbocycles. The van der Waals surface area contributed by atoms with Crippen LogP contribution in [0.4, 0.5) is 0 Å². The fourth-order valence-electron chi connectivity index (χ4n) is 8.56. The van der Waals surface area contributed by atoms with E-state index in [1.54, 1.807) is 12.1 Å². The van der Waals surface area contributed by atoms with Gasteiger partial charge < -0.3 is 25.4 Å². The highest BCUT2D eigenvalue weighted by atomic mass is 16.5. The number of carbonyl (C=O) groups is 2. The number of unbranched alkanes of at least 4 members (excludes halogenated alkanes) is 1. The number of aromatic hydroxyl groups is 1. The highest BCUT2D eigenvalue weighted by Crippen LogP contribution is 2.47. The lowest BCUT2D eigenvalue weighted by molar-refractivity contribution is -0.124. The molecular weight excluding hydrogens is 542 g/mol. The maximum Gasteiger partial charge on any atom is 0.160 e. The number of phenols is 1. The molecule has 236 valence electrons. The highest BCUT2D eigenvalue weighted by molar-refractivity contribution is 5.85. The van der Waals surface area contributed by atoms with Crippen molar-refractivity contribution in [2.24, 2.45) is 17.8 Å². The molecular formula is C36H51NO6. The minimum absolute atomic E-state index is 0.0369. The third kappa shape index (κ3) is 7.47. The van der Waals surface area contributed by atoms with E-state index in [2.05, 4.69) is 17.2 Å². The zero-order chi connectivity index (χ0) is 30.4. The highest BCUT2D eigenvalue weighted by Gasteiger charge is 2.48. The Balaban J connectivity index is 1.22. The van der Waals surface area contributed by atoms with Crippen molar-refractivity contribution in [3.63, 3.8) is 0 Å². The molecule has 0 unspecified atom stereocenters. The summed E-state index contributed by atoms with van der Waals surface area (Å²) in [5, 5.41) is 35.2. The van der Waals surface area contributed by atoms with Crippen LogP contribution in [-0.4, -0.2) is 58.3 Å². The molecule has 4 N–H and O–H groups in total. The van der Waals surface area contributed by atoms with Gasteiger partial charge in [0, 0.05) is 43.4 Å². The Kier molecular flexibility index (Phi) is 10.9. The van der Waals surface area contributed by atoms with Crippen molar-refractivity contribution in [3.8, 4) is 23.3 Å². The summed E-state index contributed by atoms with van der Waals surface area (Å²) in [6.07, 6.45) is 14.5. The van der Waals surface area contributed by atoms with E-state index >= 15 is 0 Å². The fourth-order valence-corrected chi connectivity index (χ4v) is 8.56. The molecule has 0 bridgehead atoms. The number of phenolic OH excluding ortho intramolecular Hbond substituents is 1. The van der Waals surface area contributed by atoms with Gasteiger partial charge in [0.2, 0.25) is 0 Å². The van der Waals surface area contributed by atoms with Crippen LogP contribution in [0, 0.1) is 29.6 Å². The van der Waals surface area contributed by atoms with Crippen LogP contribution in [-0.2, 0) is 16.0 Å². The summed E-state index contributed by atoms with van der Waals surface area (Å²) in [5.41, 5.74) is 1.94. The van der Waals surface area contributed by atoms with Gasteiger partial charge in [-0.15, -0.1) is 0 Å². The monoisotopic (exact) mass is 593 g/mol. The van der Waals surface area contributed by atoms with Crippen molar-refractivity contribution in [2.75, 3.05) is 13.7 Å². The van der Waals surface area contributed by atoms with Crippen LogP contribution >= 0.6 is 0 Å². The van der Waals surface area contributed by atoms with Gasteiger partial charge in [0.1, 0.15) is 11.7 Å². The van der Waals surface area contributed by atoms with Crippen LogP contribution in [0.15, 0.2) is 12.1 Å². The number of aryl methyl sites for hydroxylation is 1. The van der Waals surface area contributed by atoms with Crippen LogP contribution in [0.1, 0.15) is 120 Å². The topological polar surface area (TPSA) is 116 Å². The molecule has 3 fully saturated rings. The molecule has 0 radical (unpaired) electrons. The quantitative estimate of drug-likeness (QED) is 0.213. The fraction of sp³-hybridized carbons (Fsp3) is 0.722. The van der Waals surface area contributed by atoms with E-state index in [4.69, 9.17) is 4.74 Å². The van der Waals surface area contributed by atoms with Crippen LogP contribution in [0.3, 0.4) is 0 Å². The summed E-state index contributed by atoms with van der Waals surface area (Å²) >= 11 is 0. The van der Waals surface area contributed by atoms with Crippen molar-refractivity contribution in [2.45, 2.75) is 133 Å². The third-order valence-corrected chi connectivity index (χ3v) is 11.0. The van der Waals surface area contributed by atoms with Gasteiger partial charge >= 0.3 is 0 Å². The van der Waals surface area contributed by atoms with Crippen LogP contribution in [0.2, 0.25) is 0 Å². The lowest BCUT2D eigenvalue weighted by Crippen LogP contribution is -2.63. The molecule has 6 atom stereocenters. The van der Waals surface area contributed by atoms with Crippen LogP contribution in [0.5, 0.6) is 11.5 Å². The van der Waals surface area contributed by atoms with Crippen LogP contribution in [0.25, 0.3) is 0 Å². The van der Waals surface area contributed by atoms with E-state index in [1.807, 2.05) is 0 Å². The van der Waals surface area contributed by atoms with Gasteiger partial charge in [0.05, 0.1) is 13.2 Å². The van der Waals surface area contributed by atoms with Gasteiger partial charge in [-0.25, -0.2) is 0 Å². The van der Waals surface area contributed by atoms with E-state index in [-0.39, 0.29) is 36.0 Å². The Labute approximate surface area is 257 Å². The second-order valence-corrected chi connectivity index (χ2v) is 13.7. The van der Waals surface area contributed by atoms with Gasteiger partial charge in [-0.1, -0.05) is 43.9 Å². The number of ether oxygens (including phenoxy) is 1. The van der Waals surface area contributed by atoms with Crippen molar-refractivity contribution in [1.29, 1.82) is 0 Å². The Bertz CT molecular complexity index is 1190. The third-order valence-electron chi connectivity index (χ3n) is 11.0. The number of fused-ring (bicyclic) bond motifs is 2. The number of aliphatic hydroxyl groups excluding tert-OH is 2. The number of carbonyl (C=O) groups excluding carboxylic acids is 2. The van der Waals surface area contributed by atoms with E-state index in [9.17, 15) is 24.9 Å². The number of piperidine rings is 1. The summed E-state index contributed by atoms with van der Waals surface area (Å²) in [4.78, 5) is 25.5. The number of benzene rings is 1. The molecule has 1 saturated heterocycles. The molecule has 3 aliphatic carbocycles. The smallest absolute Gasteiger partial charge is 0.160 e. The Morgan fingerprint density at radius 3 is 2.63 bits per heavy atom. The maximum atomic E-state index is 13.3. The molecule has 4 aliphatic rings. The molecule has 7 nitrogen and oxygen atoms in total. The maximum absolute atomic E-state index is 13.3. The number of hydrogen-bond acceptors (Lipinski definition) is 7. The molecule has 43 heavy (non-hydrogen) atoms. The predicted octanol–water partition coefficient (Wildman–Crippen LogP) is 5.36. The molecule has 0 aromatic heterocycles. The van der Waals surface area contributed by atoms with Crippen LogP contribution < -0.4 is 10.1 Å². The standard InChI is InChI=1S/C36H51NO6/c1-43-35-21-25-13-16-33(41)29(15-12-24(8-7-19-38)30(25)23-34(35)42)32(40)10-4-3-9-27-20-26-11-14-28(39)22-31(26)37-36(27)17-5-2-6-18-36/h21,23-24,26-27,29,31-32,37-38,40,42H,2-11,13-14,16-20,22H2,1H3/t24-,26+,27-,29-,31-,32-/m1/s1. The molecule has 7 heteroatoms. The van der Waals surface area contributed by atoms with Crippen molar-refractivity contribution in [1.82, 2.24) is 5.32 Å². The van der Waals surface area contributed by atoms with E-state index in [0.717, 1.165) is 43.2 Å². The van der Waals surface area contributed by atoms with Gasteiger partial charge in [-0.2, -0.15) is 0 Å². The first kappa shape index (κ1) is 32.0.